The van der Waals surface area contributed by atoms with Crippen molar-refractivity contribution < 1.29 is 4.79 Å². The number of hydrogen-bond donors (Lipinski definition) is 1. The average molecular weight is 204 g/mol. The van der Waals surface area contributed by atoms with Crippen LogP contribution in [-0.2, 0) is 4.79 Å². The first kappa shape index (κ1) is 11.6. The number of amides is 1. The Bertz CT molecular complexity index is 315. The third kappa shape index (κ3) is 2.50. The van der Waals surface area contributed by atoms with Crippen LogP contribution in [0.4, 0.5) is 0 Å². The molecule has 0 bridgehead atoms. The molecule has 3 heteroatoms. The number of rotatable bonds is 2. The number of terminal acetylenes is 1. The van der Waals surface area contributed by atoms with Crippen molar-refractivity contribution in [3.05, 3.63) is 0 Å². The smallest absolute Gasteiger partial charge is 0.241 e. The summed E-state index contributed by atoms with van der Waals surface area (Å²) >= 11 is 0. The number of carbonyl (C=O) groups excluding carboxylic acids is 1. The first-order valence-electron chi connectivity index (χ1n) is 5.33. The van der Waals surface area contributed by atoms with E-state index < -0.39 is 5.41 Å². The highest BCUT2D eigenvalue weighted by molar-refractivity contribution is 5.86. The average Bonchev–Trinajstić information content (AvgIpc) is 2.29. The second-order valence-electron chi connectivity index (χ2n) is 4.12. The van der Waals surface area contributed by atoms with E-state index in [2.05, 4.69) is 17.3 Å². The van der Waals surface area contributed by atoms with Crippen molar-refractivity contribution in [2.75, 3.05) is 0 Å². The van der Waals surface area contributed by atoms with Crippen LogP contribution >= 0.6 is 0 Å². The van der Waals surface area contributed by atoms with Crippen molar-refractivity contribution in [1.29, 1.82) is 5.26 Å². The van der Waals surface area contributed by atoms with E-state index in [4.69, 9.17) is 11.7 Å². The maximum Gasteiger partial charge on any atom is 0.241 e. The van der Waals surface area contributed by atoms with Crippen molar-refractivity contribution >= 4 is 5.91 Å². The van der Waals surface area contributed by atoms with Gasteiger partial charge in [0.05, 0.1) is 12.1 Å². The van der Waals surface area contributed by atoms with E-state index in [0.29, 0.717) is 12.8 Å². The number of carbonyl (C=O) groups is 1. The van der Waals surface area contributed by atoms with Gasteiger partial charge in [0.1, 0.15) is 5.41 Å². The Kier molecular flexibility index (Phi) is 3.74. The molecule has 80 valence electrons. The molecule has 0 aliphatic heterocycles. The topological polar surface area (TPSA) is 52.9 Å². The molecule has 1 rings (SSSR count). The van der Waals surface area contributed by atoms with E-state index in [9.17, 15) is 4.79 Å². The van der Waals surface area contributed by atoms with Gasteiger partial charge in [0.15, 0.2) is 0 Å². The lowest BCUT2D eigenvalue weighted by molar-refractivity contribution is -0.129. The zero-order valence-corrected chi connectivity index (χ0v) is 9.05. The largest absolute Gasteiger partial charge is 0.341 e. The Morgan fingerprint density at radius 1 is 1.47 bits per heavy atom. The second kappa shape index (κ2) is 4.84. The van der Waals surface area contributed by atoms with Crippen LogP contribution in [0.3, 0.4) is 0 Å². The van der Waals surface area contributed by atoms with Gasteiger partial charge in [-0.1, -0.05) is 25.2 Å². The summed E-state index contributed by atoms with van der Waals surface area (Å²) in [5.41, 5.74) is -0.830. The van der Waals surface area contributed by atoms with Crippen LogP contribution in [0.1, 0.15) is 39.0 Å². The zero-order valence-electron chi connectivity index (χ0n) is 9.05. The fourth-order valence-corrected chi connectivity index (χ4v) is 1.92. The molecular formula is C12H16N2O. The highest BCUT2D eigenvalue weighted by Crippen LogP contribution is 2.35. The molecule has 0 saturated heterocycles. The molecule has 1 aliphatic carbocycles. The second-order valence-corrected chi connectivity index (χ2v) is 4.12. The monoisotopic (exact) mass is 204 g/mol. The fraction of sp³-hybridized carbons (Fsp3) is 0.667. The van der Waals surface area contributed by atoms with Gasteiger partial charge in [0.25, 0.3) is 0 Å². The quantitative estimate of drug-likeness (QED) is 0.694. The van der Waals surface area contributed by atoms with Crippen molar-refractivity contribution in [1.82, 2.24) is 5.32 Å². The molecule has 1 atom stereocenters. The molecule has 0 radical (unpaired) electrons. The molecular weight excluding hydrogens is 188 g/mol. The highest BCUT2D eigenvalue weighted by Gasteiger charge is 2.39. The summed E-state index contributed by atoms with van der Waals surface area (Å²) in [6, 6.07) is 1.86. The van der Waals surface area contributed by atoms with Gasteiger partial charge in [-0.2, -0.15) is 5.26 Å². The predicted octanol–water partition coefficient (Wildman–Crippen LogP) is 1.60. The Morgan fingerprint density at radius 2 is 2.07 bits per heavy atom. The zero-order chi connectivity index (χ0) is 11.3. The summed E-state index contributed by atoms with van der Waals surface area (Å²) in [4.78, 5) is 11.9. The van der Waals surface area contributed by atoms with E-state index in [1.165, 1.54) is 0 Å². The van der Waals surface area contributed by atoms with E-state index in [1.54, 1.807) is 6.92 Å². The molecule has 0 heterocycles. The van der Waals surface area contributed by atoms with Gasteiger partial charge in [-0.25, -0.2) is 0 Å². The number of nitrogens with zero attached hydrogens (tertiary/aromatic N) is 1. The van der Waals surface area contributed by atoms with Crippen LogP contribution in [0, 0.1) is 29.1 Å². The molecule has 15 heavy (non-hydrogen) atoms. The van der Waals surface area contributed by atoms with E-state index in [-0.39, 0.29) is 11.9 Å². The standard InChI is InChI=1S/C12H16N2O/c1-3-10(2)14-11(15)12(9-13)7-5-4-6-8-12/h1,10H,4-8H2,2H3,(H,14,15). The number of nitrogens with one attached hydrogen (secondary N) is 1. The van der Waals surface area contributed by atoms with Crippen molar-refractivity contribution in [2.45, 2.75) is 45.1 Å². The lowest BCUT2D eigenvalue weighted by Gasteiger charge is -2.29. The Labute approximate surface area is 90.9 Å². The molecule has 1 unspecified atom stereocenters. The SMILES string of the molecule is C#CC(C)NC(=O)C1(C#N)CCCCC1. The maximum atomic E-state index is 11.9. The van der Waals surface area contributed by atoms with Gasteiger partial charge in [-0.15, -0.1) is 6.42 Å². The van der Waals surface area contributed by atoms with Gasteiger partial charge in [-0.05, 0) is 19.8 Å². The maximum absolute atomic E-state index is 11.9. The Hall–Kier alpha value is -1.48. The molecule has 0 aromatic heterocycles. The van der Waals surface area contributed by atoms with Crippen LogP contribution in [-0.4, -0.2) is 11.9 Å². The molecule has 1 saturated carbocycles. The normalized spacial score (nSPS) is 20.7. The molecule has 1 fully saturated rings. The summed E-state index contributed by atoms with van der Waals surface area (Å²) in [6.07, 6.45) is 9.52. The van der Waals surface area contributed by atoms with Gasteiger partial charge in [0, 0.05) is 0 Å². The van der Waals surface area contributed by atoms with Crippen LogP contribution in [0.25, 0.3) is 0 Å². The van der Waals surface area contributed by atoms with E-state index in [1.807, 2.05) is 0 Å². The first-order valence-corrected chi connectivity index (χ1v) is 5.33. The first-order chi connectivity index (χ1) is 7.14. The summed E-state index contributed by atoms with van der Waals surface area (Å²) in [5.74, 6) is 2.24. The van der Waals surface area contributed by atoms with Gasteiger partial charge < -0.3 is 5.32 Å². The summed E-state index contributed by atoms with van der Waals surface area (Å²) < 4.78 is 0. The fourth-order valence-electron chi connectivity index (χ4n) is 1.92. The predicted molar refractivity (Wildman–Crippen MR) is 57.6 cm³/mol. The lowest BCUT2D eigenvalue weighted by atomic mass is 9.74. The van der Waals surface area contributed by atoms with Crippen molar-refractivity contribution in [2.24, 2.45) is 5.41 Å². The molecule has 0 spiro atoms. The van der Waals surface area contributed by atoms with Gasteiger partial charge in [0.2, 0.25) is 5.91 Å². The van der Waals surface area contributed by atoms with Gasteiger partial charge >= 0.3 is 0 Å². The van der Waals surface area contributed by atoms with E-state index >= 15 is 0 Å². The van der Waals surface area contributed by atoms with Crippen LogP contribution in [0.5, 0.6) is 0 Å². The Balaban J connectivity index is 2.70. The lowest BCUT2D eigenvalue weighted by Crippen LogP contribution is -2.44. The summed E-state index contributed by atoms with van der Waals surface area (Å²) in [7, 11) is 0. The third-order valence-corrected chi connectivity index (χ3v) is 2.95. The third-order valence-electron chi connectivity index (χ3n) is 2.95. The molecule has 0 aromatic carbocycles. The Morgan fingerprint density at radius 3 is 2.53 bits per heavy atom. The van der Waals surface area contributed by atoms with E-state index in [0.717, 1.165) is 19.3 Å². The minimum atomic E-state index is -0.830. The number of hydrogen-bond acceptors (Lipinski definition) is 2. The van der Waals surface area contributed by atoms with Crippen molar-refractivity contribution in [3.63, 3.8) is 0 Å². The summed E-state index contributed by atoms with van der Waals surface area (Å²) in [6.45, 7) is 1.74. The van der Waals surface area contributed by atoms with Crippen molar-refractivity contribution in [3.8, 4) is 18.4 Å². The minimum Gasteiger partial charge on any atom is -0.341 e. The highest BCUT2D eigenvalue weighted by atomic mass is 16.2. The van der Waals surface area contributed by atoms with Crippen LogP contribution in [0.15, 0.2) is 0 Å². The molecule has 3 nitrogen and oxygen atoms in total. The van der Waals surface area contributed by atoms with Crippen LogP contribution in [0.2, 0.25) is 0 Å². The van der Waals surface area contributed by atoms with Gasteiger partial charge in [-0.3, -0.25) is 4.79 Å². The minimum absolute atomic E-state index is 0.199. The summed E-state index contributed by atoms with van der Waals surface area (Å²) in [5, 5.41) is 11.8. The molecule has 0 aromatic rings. The molecule has 1 aliphatic rings. The molecule has 1 N–H and O–H groups in total. The van der Waals surface area contributed by atoms with Crippen LogP contribution < -0.4 is 5.32 Å². The molecule has 1 amide bonds. The number of nitriles is 1.